The Balaban J connectivity index is 2.66. The maximum atomic E-state index is 11.9. The molecule has 120 valence electrons. The topological polar surface area (TPSA) is 132 Å². The van der Waals surface area contributed by atoms with Crippen molar-refractivity contribution in [2.75, 3.05) is 14.2 Å². The molecular formula is C13H18N4O5. The molecule has 0 radical (unpaired) electrons. The summed E-state index contributed by atoms with van der Waals surface area (Å²) in [6.07, 6.45) is 0. The third kappa shape index (κ3) is 4.54. The van der Waals surface area contributed by atoms with Gasteiger partial charge in [0.1, 0.15) is 6.04 Å². The Labute approximate surface area is 127 Å². The highest BCUT2D eigenvalue weighted by molar-refractivity contribution is 5.96. The van der Waals surface area contributed by atoms with E-state index >= 15 is 0 Å². The van der Waals surface area contributed by atoms with Gasteiger partial charge in [-0.1, -0.05) is 0 Å². The molecule has 9 nitrogen and oxygen atoms in total. The summed E-state index contributed by atoms with van der Waals surface area (Å²) in [6.45, 7) is 1.42. The Kier molecular flexibility index (Phi) is 5.99. The summed E-state index contributed by atoms with van der Waals surface area (Å²) in [6, 6.07) is 2.81. The number of amides is 4. The van der Waals surface area contributed by atoms with E-state index in [1.807, 2.05) is 0 Å². The molecule has 0 aliphatic carbocycles. The molecule has 5 N–H and O–H groups in total. The molecule has 0 fully saturated rings. The lowest BCUT2D eigenvalue weighted by Crippen LogP contribution is -2.52. The van der Waals surface area contributed by atoms with Crippen LogP contribution < -0.4 is 31.4 Å². The molecule has 1 aromatic rings. The number of carbonyl (C=O) groups excluding carboxylic acids is 3. The first-order valence-electron chi connectivity index (χ1n) is 6.27. The van der Waals surface area contributed by atoms with E-state index in [4.69, 9.17) is 15.2 Å². The minimum atomic E-state index is -0.886. The van der Waals surface area contributed by atoms with Gasteiger partial charge in [0.05, 0.1) is 14.2 Å². The van der Waals surface area contributed by atoms with Gasteiger partial charge in [0.25, 0.3) is 11.8 Å². The second kappa shape index (κ2) is 7.72. The number of carbonyl (C=O) groups is 3. The van der Waals surface area contributed by atoms with Gasteiger partial charge in [-0.25, -0.2) is 4.79 Å². The second-order valence-corrected chi connectivity index (χ2v) is 4.24. The molecule has 0 spiro atoms. The predicted molar refractivity (Wildman–Crippen MR) is 77.3 cm³/mol. The lowest BCUT2D eigenvalue weighted by Gasteiger charge is -2.14. The van der Waals surface area contributed by atoms with E-state index in [0.717, 1.165) is 0 Å². The molecule has 9 heteroatoms. The van der Waals surface area contributed by atoms with E-state index in [-0.39, 0.29) is 5.56 Å². The zero-order valence-corrected chi connectivity index (χ0v) is 12.4. The average molecular weight is 310 g/mol. The number of nitrogens with two attached hydrogens (primary N) is 1. The highest BCUT2D eigenvalue weighted by Crippen LogP contribution is 2.27. The molecule has 1 rings (SSSR count). The number of methoxy groups -OCH3 is 2. The first-order chi connectivity index (χ1) is 10.4. The first-order valence-corrected chi connectivity index (χ1v) is 6.27. The van der Waals surface area contributed by atoms with Crippen molar-refractivity contribution >= 4 is 17.8 Å². The maximum Gasteiger partial charge on any atom is 0.312 e. The molecule has 1 aromatic carbocycles. The van der Waals surface area contributed by atoms with E-state index in [9.17, 15) is 14.4 Å². The molecule has 22 heavy (non-hydrogen) atoms. The third-order valence-corrected chi connectivity index (χ3v) is 2.70. The van der Waals surface area contributed by atoms with Crippen molar-refractivity contribution in [2.45, 2.75) is 13.0 Å². The summed E-state index contributed by atoms with van der Waals surface area (Å²) in [5.41, 5.74) is 9.54. The second-order valence-electron chi connectivity index (χ2n) is 4.24. The molecule has 0 aliphatic rings. The number of nitrogens with one attached hydrogen (secondary N) is 3. The highest BCUT2D eigenvalue weighted by Gasteiger charge is 2.16. The van der Waals surface area contributed by atoms with Crippen molar-refractivity contribution in [3.8, 4) is 11.5 Å². The van der Waals surface area contributed by atoms with Crippen LogP contribution in [0.4, 0.5) is 4.79 Å². The molecule has 0 saturated heterocycles. The number of benzene rings is 1. The lowest BCUT2D eigenvalue weighted by atomic mass is 10.2. The fourth-order valence-corrected chi connectivity index (χ4v) is 1.56. The van der Waals surface area contributed by atoms with Crippen LogP contribution in [0.3, 0.4) is 0 Å². The van der Waals surface area contributed by atoms with Crippen molar-refractivity contribution in [1.82, 2.24) is 16.2 Å². The molecule has 4 amide bonds. The number of hydrogen-bond donors (Lipinski definition) is 4. The Bertz CT molecular complexity index is 576. The number of hydrogen-bond acceptors (Lipinski definition) is 5. The summed E-state index contributed by atoms with van der Waals surface area (Å²) in [5, 5.41) is 2.18. The van der Waals surface area contributed by atoms with E-state index in [2.05, 4.69) is 16.2 Å². The van der Waals surface area contributed by atoms with E-state index in [1.165, 1.54) is 33.3 Å². The van der Waals surface area contributed by atoms with Gasteiger partial charge in [-0.2, -0.15) is 0 Å². The lowest BCUT2D eigenvalue weighted by molar-refractivity contribution is -0.123. The Morgan fingerprint density at radius 3 is 2.27 bits per heavy atom. The van der Waals surface area contributed by atoms with E-state index < -0.39 is 23.9 Å². The SMILES string of the molecule is COc1ccc(C(=O)NNC(=O)C(C)NC(N)=O)cc1OC. The minimum Gasteiger partial charge on any atom is -0.493 e. The smallest absolute Gasteiger partial charge is 0.312 e. The molecule has 1 unspecified atom stereocenters. The van der Waals surface area contributed by atoms with Crippen LogP contribution in [-0.2, 0) is 4.79 Å². The number of ether oxygens (including phenoxy) is 2. The summed E-state index contributed by atoms with van der Waals surface area (Å²) in [5.74, 6) is -0.319. The van der Waals surface area contributed by atoms with Crippen LogP contribution in [-0.4, -0.2) is 38.1 Å². The Morgan fingerprint density at radius 2 is 1.73 bits per heavy atom. The molecular weight excluding hydrogens is 292 g/mol. The van der Waals surface area contributed by atoms with Gasteiger partial charge >= 0.3 is 6.03 Å². The van der Waals surface area contributed by atoms with Gasteiger partial charge in [0.2, 0.25) is 0 Å². The van der Waals surface area contributed by atoms with Gasteiger partial charge in [0, 0.05) is 5.56 Å². The monoisotopic (exact) mass is 310 g/mol. The summed E-state index contributed by atoms with van der Waals surface area (Å²) >= 11 is 0. The zero-order chi connectivity index (χ0) is 16.7. The molecule has 0 heterocycles. The quantitative estimate of drug-likeness (QED) is 0.545. The van der Waals surface area contributed by atoms with Crippen molar-refractivity contribution < 1.29 is 23.9 Å². The fourth-order valence-electron chi connectivity index (χ4n) is 1.56. The average Bonchev–Trinajstić information content (AvgIpc) is 2.50. The van der Waals surface area contributed by atoms with Gasteiger partial charge in [-0.3, -0.25) is 20.4 Å². The van der Waals surface area contributed by atoms with E-state index in [0.29, 0.717) is 11.5 Å². The van der Waals surface area contributed by atoms with Crippen LogP contribution in [0.25, 0.3) is 0 Å². The number of hydrazine groups is 1. The fraction of sp³-hybridized carbons (Fsp3) is 0.308. The number of rotatable bonds is 5. The highest BCUT2D eigenvalue weighted by atomic mass is 16.5. The minimum absolute atomic E-state index is 0.258. The van der Waals surface area contributed by atoms with Crippen LogP contribution in [0, 0.1) is 0 Å². The Morgan fingerprint density at radius 1 is 1.09 bits per heavy atom. The normalized spacial score (nSPS) is 11.0. The van der Waals surface area contributed by atoms with Crippen molar-refractivity contribution in [3.63, 3.8) is 0 Å². The molecule has 0 saturated carbocycles. The largest absolute Gasteiger partial charge is 0.493 e. The molecule has 0 bridgehead atoms. The molecule has 0 aliphatic heterocycles. The third-order valence-electron chi connectivity index (χ3n) is 2.70. The summed E-state index contributed by atoms with van der Waals surface area (Å²) in [4.78, 5) is 34.1. The predicted octanol–water partition coefficient (Wildman–Crippen LogP) is -0.478. The standard InChI is InChI=1S/C13H18N4O5/c1-7(15-13(14)20)11(18)16-17-12(19)8-4-5-9(21-2)10(6-8)22-3/h4-7H,1-3H3,(H,16,18)(H,17,19)(H3,14,15,20). The van der Waals surface area contributed by atoms with Crippen molar-refractivity contribution in [3.05, 3.63) is 23.8 Å². The van der Waals surface area contributed by atoms with Crippen LogP contribution >= 0.6 is 0 Å². The van der Waals surface area contributed by atoms with Gasteiger partial charge in [-0.05, 0) is 25.1 Å². The molecule has 0 aromatic heterocycles. The van der Waals surface area contributed by atoms with Crippen LogP contribution in [0.1, 0.15) is 17.3 Å². The van der Waals surface area contributed by atoms with Gasteiger partial charge in [0.15, 0.2) is 11.5 Å². The number of primary amides is 1. The van der Waals surface area contributed by atoms with Crippen LogP contribution in [0.15, 0.2) is 18.2 Å². The van der Waals surface area contributed by atoms with Crippen molar-refractivity contribution in [1.29, 1.82) is 0 Å². The van der Waals surface area contributed by atoms with Crippen LogP contribution in [0.5, 0.6) is 11.5 Å². The maximum absolute atomic E-state index is 11.9. The Hall–Kier alpha value is -2.97. The van der Waals surface area contributed by atoms with E-state index in [1.54, 1.807) is 6.07 Å². The van der Waals surface area contributed by atoms with Crippen LogP contribution in [0.2, 0.25) is 0 Å². The van der Waals surface area contributed by atoms with Crippen molar-refractivity contribution in [2.24, 2.45) is 5.73 Å². The number of urea groups is 1. The zero-order valence-electron chi connectivity index (χ0n) is 12.4. The van der Waals surface area contributed by atoms with Gasteiger partial charge < -0.3 is 20.5 Å². The molecule has 1 atom stereocenters. The summed E-state index contributed by atoms with van der Waals surface area (Å²) < 4.78 is 10.1. The first kappa shape index (κ1) is 17.1. The van der Waals surface area contributed by atoms with Gasteiger partial charge in [-0.15, -0.1) is 0 Å². The summed E-state index contributed by atoms with van der Waals surface area (Å²) in [7, 11) is 2.92.